The predicted octanol–water partition coefficient (Wildman–Crippen LogP) is 2.55. The Bertz CT molecular complexity index is 767. The minimum absolute atomic E-state index is 0. The number of guanidine groups is 1. The van der Waals surface area contributed by atoms with Gasteiger partial charge in [0.1, 0.15) is 5.82 Å². The molecular weight excluding hydrogens is 448 g/mol. The number of nitrogens with one attached hydrogen (secondary N) is 4. The van der Waals surface area contributed by atoms with Crippen LogP contribution in [0.15, 0.2) is 29.4 Å². The first-order valence-electron chi connectivity index (χ1n) is 8.29. The van der Waals surface area contributed by atoms with Gasteiger partial charge in [0.05, 0.1) is 6.54 Å². The van der Waals surface area contributed by atoms with Crippen LogP contribution in [-0.2, 0) is 11.2 Å². The van der Waals surface area contributed by atoms with E-state index in [-0.39, 0.29) is 47.8 Å². The topological polar surface area (TPSA) is 81.3 Å². The Kier molecular flexibility index (Phi) is 8.32. The van der Waals surface area contributed by atoms with Crippen LogP contribution in [0.2, 0.25) is 0 Å². The molecule has 1 aromatic heterocycles. The summed E-state index contributed by atoms with van der Waals surface area (Å²) in [6.07, 6.45) is 2.59. The third-order valence-corrected chi connectivity index (χ3v) is 3.57. The Morgan fingerprint density at radius 1 is 1.27 bits per heavy atom. The molecule has 0 spiro atoms. The molecule has 0 atom stereocenters. The van der Waals surface area contributed by atoms with Crippen molar-refractivity contribution in [1.29, 1.82) is 0 Å². The van der Waals surface area contributed by atoms with Crippen molar-refractivity contribution < 1.29 is 9.18 Å². The van der Waals surface area contributed by atoms with Crippen molar-refractivity contribution in [3.05, 3.63) is 35.8 Å². The number of hydrogen-bond donors (Lipinski definition) is 4. The lowest BCUT2D eigenvalue weighted by Crippen LogP contribution is -2.48. The highest BCUT2D eigenvalue weighted by Crippen LogP contribution is 2.19. The van der Waals surface area contributed by atoms with Crippen molar-refractivity contribution >= 4 is 46.7 Å². The Balaban J connectivity index is 0.00000338. The molecule has 0 aliphatic heterocycles. The van der Waals surface area contributed by atoms with E-state index in [9.17, 15) is 9.18 Å². The zero-order chi connectivity index (χ0) is 18.4. The molecule has 1 aromatic carbocycles. The molecule has 1 amide bonds. The molecule has 2 rings (SSSR count). The van der Waals surface area contributed by atoms with Gasteiger partial charge >= 0.3 is 0 Å². The Hall–Kier alpha value is -1.84. The first kappa shape index (κ1) is 22.2. The number of aromatic amines is 1. The van der Waals surface area contributed by atoms with E-state index in [0.717, 1.165) is 16.5 Å². The fraction of sp³-hybridized carbons (Fsp3) is 0.444. The minimum atomic E-state index is -0.264. The summed E-state index contributed by atoms with van der Waals surface area (Å²) < 4.78 is 13.4. The first-order chi connectivity index (χ1) is 11.8. The quantitative estimate of drug-likeness (QED) is 0.305. The van der Waals surface area contributed by atoms with Gasteiger partial charge in [0.2, 0.25) is 5.91 Å². The van der Waals surface area contributed by atoms with Gasteiger partial charge in [-0.15, -0.1) is 24.0 Å². The van der Waals surface area contributed by atoms with Crippen LogP contribution < -0.4 is 16.0 Å². The SMILES string of the molecule is CN=C(NCCc1c[nH]c2ccc(F)cc12)NCC(=O)NC(C)(C)C.I. The maximum absolute atomic E-state index is 13.4. The van der Waals surface area contributed by atoms with Crippen LogP contribution >= 0.6 is 24.0 Å². The molecule has 0 aliphatic carbocycles. The van der Waals surface area contributed by atoms with Crippen molar-refractivity contribution in [1.82, 2.24) is 20.9 Å². The van der Waals surface area contributed by atoms with Crippen molar-refractivity contribution in [2.75, 3.05) is 20.1 Å². The third-order valence-electron chi connectivity index (χ3n) is 3.57. The standard InChI is InChI=1S/C18H26FN5O.HI/c1-18(2,3)24-16(25)11-23-17(20-4)21-8-7-12-10-22-15-6-5-13(19)9-14(12)15;/h5-6,9-10,22H,7-8,11H2,1-4H3,(H,24,25)(H2,20,21,23);1H. The van der Waals surface area contributed by atoms with E-state index in [2.05, 4.69) is 25.9 Å². The van der Waals surface area contributed by atoms with E-state index >= 15 is 0 Å². The van der Waals surface area contributed by atoms with E-state index in [1.54, 1.807) is 13.1 Å². The molecule has 0 aliphatic rings. The molecule has 0 bridgehead atoms. The van der Waals surface area contributed by atoms with Crippen molar-refractivity contribution in [3.63, 3.8) is 0 Å². The number of benzene rings is 1. The molecule has 6 nitrogen and oxygen atoms in total. The van der Waals surface area contributed by atoms with Crippen LogP contribution in [0.25, 0.3) is 10.9 Å². The van der Waals surface area contributed by atoms with E-state index < -0.39 is 0 Å². The van der Waals surface area contributed by atoms with Crippen molar-refractivity contribution in [2.24, 2.45) is 4.99 Å². The van der Waals surface area contributed by atoms with Gasteiger partial charge in [-0.3, -0.25) is 9.79 Å². The number of halogens is 2. The highest BCUT2D eigenvalue weighted by Gasteiger charge is 2.13. The number of aromatic nitrogens is 1. The highest BCUT2D eigenvalue weighted by molar-refractivity contribution is 14.0. The maximum atomic E-state index is 13.4. The summed E-state index contributed by atoms with van der Waals surface area (Å²) in [7, 11) is 1.65. The zero-order valence-electron chi connectivity index (χ0n) is 15.6. The van der Waals surface area contributed by atoms with Gasteiger partial charge < -0.3 is 20.9 Å². The second-order valence-corrected chi connectivity index (χ2v) is 6.90. The van der Waals surface area contributed by atoms with E-state index in [4.69, 9.17) is 0 Å². The zero-order valence-corrected chi connectivity index (χ0v) is 17.9. The smallest absolute Gasteiger partial charge is 0.239 e. The molecule has 2 aromatic rings. The number of nitrogens with zero attached hydrogens (tertiary/aromatic N) is 1. The van der Waals surface area contributed by atoms with Crippen LogP contribution in [0, 0.1) is 5.82 Å². The second-order valence-electron chi connectivity index (χ2n) is 6.90. The number of carbonyl (C=O) groups excluding carboxylic acids is 1. The average molecular weight is 475 g/mol. The molecule has 0 saturated heterocycles. The lowest BCUT2D eigenvalue weighted by Gasteiger charge is -2.21. The average Bonchev–Trinajstić information content (AvgIpc) is 2.91. The van der Waals surface area contributed by atoms with E-state index in [1.807, 2.05) is 27.0 Å². The maximum Gasteiger partial charge on any atom is 0.239 e. The molecule has 1 heterocycles. The Morgan fingerprint density at radius 3 is 2.65 bits per heavy atom. The summed E-state index contributed by atoms with van der Waals surface area (Å²) >= 11 is 0. The Morgan fingerprint density at radius 2 is 2.00 bits per heavy atom. The molecular formula is C18H27FIN5O. The van der Waals surface area contributed by atoms with Gasteiger partial charge in [-0.05, 0) is 51.0 Å². The fourth-order valence-electron chi connectivity index (χ4n) is 2.52. The summed E-state index contributed by atoms with van der Waals surface area (Å²) in [5.74, 6) is 0.210. The van der Waals surface area contributed by atoms with Gasteiger partial charge in [0.25, 0.3) is 0 Å². The number of H-pyrrole nitrogens is 1. The lowest BCUT2D eigenvalue weighted by atomic mass is 10.1. The largest absolute Gasteiger partial charge is 0.361 e. The number of fused-ring (bicyclic) bond motifs is 1. The van der Waals surface area contributed by atoms with Crippen molar-refractivity contribution in [3.8, 4) is 0 Å². The number of amides is 1. The van der Waals surface area contributed by atoms with Gasteiger partial charge in [-0.25, -0.2) is 4.39 Å². The summed E-state index contributed by atoms with van der Waals surface area (Å²) in [5, 5.41) is 9.90. The first-order valence-corrected chi connectivity index (χ1v) is 8.29. The summed E-state index contributed by atoms with van der Waals surface area (Å²) in [6.45, 7) is 6.56. The molecule has 8 heteroatoms. The molecule has 26 heavy (non-hydrogen) atoms. The van der Waals surface area contributed by atoms with Crippen LogP contribution in [0.4, 0.5) is 4.39 Å². The van der Waals surface area contributed by atoms with Crippen LogP contribution in [0.1, 0.15) is 26.3 Å². The molecule has 0 unspecified atom stereocenters. The summed E-state index contributed by atoms with van der Waals surface area (Å²) in [6, 6.07) is 4.70. The predicted molar refractivity (Wildman–Crippen MR) is 115 cm³/mol. The molecule has 0 radical (unpaired) electrons. The van der Waals surface area contributed by atoms with E-state index in [0.29, 0.717) is 18.9 Å². The second kappa shape index (κ2) is 9.75. The molecule has 0 saturated carbocycles. The van der Waals surface area contributed by atoms with Gasteiger partial charge in [-0.2, -0.15) is 0 Å². The van der Waals surface area contributed by atoms with Gasteiger partial charge in [-0.1, -0.05) is 0 Å². The molecule has 144 valence electrons. The molecule has 4 N–H and O–H groups in total. The fourth-order valence-corrected chi connectivity index (χ4v) is 2.52. The normalized spacial score (nSPS) is 11.8. The summed E-state index contributed by atoms with van der Waals surface area (Å²) in [4.78, 5) is 19.1. The number of hydrogen-bond acceptors (Lipinski definition) is 2. The minimum Gasteiger partial charge on any atom is -0.361 e. The number of rotatable bonds is 5. The lowest BCUT2D eigenvalue weighted by molar-refractivity contribution is -0.121. The van der Waals surface area contributed by atoms with Crippen LogP contribution in [0.5, 0.6) is 0 Å². The van der Waals surface area contributed by atoms with Gasteiger partial charge in [0.15, 0.2) is 5.96 Å². The van der Waals surface area contributed by atoms with Crippen LogP contribution in [-0.4, -0.2) is 42.5 Å². The molecule has 0 fully saturated rings. The van der Waals surface area contributed by atoms with Crippen LogP contribution in [0.3, 0.4) is 0 Å². The van der Waals surface area contributed by atoms with Gasteiger partial charge in [0, 0.05) is 36.2 Å². The third kappa shape index (κ3) is 6.81. The number of aliphatic imine (C=N–C) groups is 1. The Labute approximate surface area is 170 Å². The van der Waals surface area contributed by atoms with E-state index in [1.165, 1.54) is 12.1 Å². The summed E-state index contributed by atoms with van der Waals surface area (Å²) in [5.41, 5.74) is 1.68. The monoisotopic (exact) mass is 475 g/mol. The number of carbonyl (C=O) groups is 1. The highest BCUT2D eigenvalue weighted by atomic mass is 127. The van der Waals surface area contributed by atoms with Crippen molar-refractivity contribution in [2.45, 2.75) is 32.7 Å².